The van der Waals surface area contributed by atoms with Gasteiger partial charge in [-0.25, -0.2) is 0 Å². The topological polar surface area (TPSA) is 121 Å². The van der Waals surface area contributed by atoms with Gasteiger partial charge in [0.1, 0.15) is 0 Å². The SMILES string of the molecule is CC12CC3CC(C1)CC(O)(C3)C2.CC12CC3CC(O)(C1)CC(O)(C3)C2.CC1CC(C(O)(C(F)(F)F)C(F)(F)F)CC(C(O)(C(F)(F)F)C(F)(F)F)C1.CC1CCCCC1.CO. The first kappa shape index (κ1) is 52.5. The van der Waals surface area contributed by atoms with E-state index in [0.717, 1.165) is 76.7 Å². The Morgan fingerprint density at radius 1 is 0.410 bits per heavy atom. The van der Waals surface area contributed by atoms with E-state index in [0.29, 0.717) is 17.8 Å². The molecule has 0 aliphatic heterocycles. The zero-order valence-corrected chi connectivity index (χ0v) is 35.9. The lowest BCUT2D eigenvalue weighted by Gasteiger charge is -2.62. The summed E-state index contributed by atoms with van der Waals surface area (Å²) in [7, 11) is 1.00. The van der Waals surface area contributed by atoms with Crippen LogP contribution in [0.4, 0.5) is 52.7 Å². The summed E-state index contributed by atoms with van der Waals surface area (Å²) in [6.07, 6.45) is -9.41. The number of aliphatic hydroxyl groups is 6. The monoisotopic (exact) mass is 908 g/mol. The molecule has 6 unspecified atom stereocenters. The molecule has 0 spiro atoms. The molecule has 10 aliphatic rings. The van der Waals surface area contributed by atoms with Gasteiger partial charge in [-0.1, -0.05) is 59.8 Å². The lowest BCUT2D eigenvalue weighted by molar-refractivity contribution is -0.404. The fraction of sp³-hybridized carbons (Fsp3) is 1.00. The highest BCUT2D eigenvalue weighted by Gasteiger charge is 2.78. The summed E-state index contributed by atoms with van der Waals surface area (Å²) < 4.78 is 155. The smallest absolute Gasteiger partial charge is 0.400 e. The maximum absolute atomic E-state index is 12.9. The number of aliphatic hydroxyl groups excluding tert-OH is 1. The molecule has 6 nitrogen and oxygen atoms in total. The zero-order valence-electron chi connectivity index (χ0n) is 35.9. The highest BCUT2D eigenvalue weighted by Crippen LogP contribution is 2.64. The Hall–Kier alpha value is -1.08. The van der Waals surface area contributed by atoms with Crippen LogP contribution in [-0.2, 0) is 0 Å². The van der Waals surface area contributed by atoms with Crippen molar-refractivity contribution in [1.29, 1.82) is 0 Å². The fourth-order valence-electron chi connectivity index (χ4n) is 14.3. The third kappa shape index (κ3) is 11.3. The molecular formula is C43H68F12O6. The van der Waals surface area contributed by atoms with Crippen LogP contribution in [0.25, 0.3) is 0 Å². The first-order valence-corrected chi connectivity index (χ1v) is 21.8. The first-order valence-electron chi connectivity index (χ1n) is 21.8. The van der Waals surface area contributed by atoms with Crippen molar-refractivity contribution in [2.75, 3.05) is 7.11 Å². The molecule has 61 heavy (non-hydrogen) atoms. The van der Waals surface area contributed by atoms with E-state index in [4.69, 9.17) is 5.11 Å². The summed E-state index contributed by atoms with van der Waals surface area (Å²) in [5, 5.41) is 56.5. The largest absolute Gasteiger partial charge is 0.426 e. The average Bonchev–Trinajstić information content (AvgIpc) is 3.03. The van der Waals surface area contributed by atoms with Gasteiger partial charge in [-0.05, 0) is 130 Å². The summed E-state index contributed by atoms with van der Waals surface area (Å²) in [4.78, 5) is 0. The van der Waals surface area contributed by atoms with E-state index in [1.807, 2.05) is 0 Å². The van der Waals surface area contributed by atoms with Crippen molar-refractivity contribution in [3.05, 3.63) is 0 Å². The van der Waals surface area contributed by atoms with E-state index < -0.39 is 84.1 Å². The molecule has 6 atom stereocenters. The number of hydrogen-bond donors (Lipinski definition) is 6. The summed E-state index contributed by atoms with van der Waals surface area (Å²) in [5.41, 5.74) is -11.6. The highest BCUT2D eigenvalue weighted by molar-refractivity contribution is 5.13. The van der Waals surface area contributed by atoms with Crippen LogP contribution in [0.3, 0.4) is 0 Å². The van der Waals surface area contributed by atoms with Gasteiger partial charge in [0.25, 0.3) is 11.2 Å². The molecule has 0 heterocycles. The lowest BCUT2D eigenvalue weighted by Crippen LogP contribution is -2.66. The molecule has 10 aliphatic carbocycles. The van der Waals surface area contributed by atoms with Gasteiger partial charge in [-0.15, -0.1) is 0 Å². The van der Waals surface area contributed by atoms with E-state index in [1.54, 1.807) is 0 Å². The molecule has 0 amide bonds. The third-order valence-corrected chi connectivity index (χ3v) is 15.4. The summed E-state index contributed by atoms with van der Waals surface area (Å²) in [6.45, 7) is 7.81. The van der Waals surface area contributed by atoms with Crippen molar-refractivity contribution in [2.45, 2.75) is 209 Å². The second-order valence-corrected chi connectivity index (χ2v) is 21.7. The molecule has 0 radical (unpaired) electrons. The Balaban J connectivity index is 0.000000197. The normalized spacial score (nSPS) is 41.0. The molecule has 360 valence electrons. The van der Waals surface area contributed by atoms with Crippen LogP contribution < -0.4 is 0 Å². The third-order valence-electron chi connectivity index (χ3n) is 15.4. The minimum Gasteiger partial charge on any atom is -0.400 e. The predicted molar refractivity (Wildman–Crippen MR) is 201 cm³/mol. The maximum Gasteiger partial charge on any atom is 0.426 e. The van der Waals surface area contributed by atoms with E-state index in [1.165, 1.54) is 57.8 Å². The lowest BCUT2D eigenvalue weighted by atomic mass is 9.47. The minimum atomic E-state index is -6.41. The molecule has 10 rings (SSSR count). The van der Waals surface area contributed by atoms with Crippen LogP contribution in [-0.4, -0.2) is 90.5 Å². The van der Waals surface area contributed by atoms with E-state index in [9.17, 15) is 78.2 Å². The molecule has 10 saturated carbocycles. The number of hydrogen-bond acceptors (Lipinski definition) is 6. The van der Waals surface area contributed by atoms with Gasteiger partial charge in [0.15, 0.2) is 0 Å². The van der Waals surface area contributed by atoms with Gasteiger partial charge in [0.2, 0.25) is 0 Å². The summed E-state index contributed by atoms with van der Waals surface area (Å²) >= 11 is 0. The number of halogens is 12. The summed E-state index contributed by atoms with van der Waals surface area (Å²) in [6, 6.07) is 0. The molecule has 0 saturated heterocycles. The molecule has 0 aromatic heterocycles. The van der Waals surface area contributed by atoms with Crippen LogP contribution in [0.5, 0.6) is 0 Å². The number of alkyl halides is 12. The Morgan fingerprint density at radius 2 is 0.754 bits per heavy atom. The zero-order chi connectivity index (χ0) is 46.7. The molecule has 10 fully saturated rings. The van der Waals surface area contributed by atoms with Crippen LogP contribution in [0.2, 0.25) is 0 Å². The highest BCUT2D eigenvalue weighted by atomic mass is 19.4. The van der Waals surface area contributed by atoms with E-state index in [2.05, 4.69) is 20.8 Å². The standard InChI is InChI=1S/C13H14F12O2.C11H18O2.C11H18O.C7H14.CH4O/c1-5-2-6(8(26,10(14,15)16)11(17,18)19)4-7(3-5)9(27,12(20,21)22)13(23,24)25;1-9-2-8-3-10(12,5-9)7-11(13,4-8)6-9;1-10-3-8-2-9(4-10)6-11(12,5-8)7-10;1-7-5-3-2-4-6-7;1-2/h5-7,26-27H,2-4H2,1H3;8,12-13H,2-7H2,1H3;8-9,12H,2-7H2,1H3;7H,2-6H2,1H3;2H,1H3. The molecule has 0 aromatic rings. The van der Waals surface area contributed by atoms with Gasteiger partial charge in [0, 0.05) is 25.4 Å². The van der Waals surface area contributed by atoms with Crippen LogP contribution in [0, 0.1) is 52.3 Å². The molecule has 6 N–H and O–H groups in total. The second kappa shape index (κ2) is 17.6. The van der Waals surface area contributed by atoms with Crippen molar-refractivity contribution in [3.8, 4) is 0 Å². The van der Waals surface area contributed by atoms with Crippen molar-refractivity contribution in [3.63, 3.8) is 0 Å². The molecule has 8 bridgehead atoms. The van der Waals surface area contributed by atoms with E-state index in [-0.39, 0.29) is 11.0 Å². The van der Waals surface area contributed by atoms with Gasteiger partial charge >= 0.3 is 24.7 Å². The Morgan fingerprint density at radius 3 is 1.03 bits per heavy atom. The van der Waals surface area contributed by atoms with Crippen LogP contribution in [0.15, 0.2) is 0 Å². The van der Waals surface area contributed by atoms with Crippen molar-refractivity contribution in [2.24, 2.45) is 52.3 Å². The Bertz CT molecular complexity index is 1300. The minimum absolute atomic E-state index is 0.225. The van der Waals surface area contributed by atoms with Gasteiger partial charge in [0.05, 0.1) is 16.8 Å². The number of rotatable bonds is 2. The van der Waals surface area contributed by atoms with Gasteiger partial charge in [-0.3, -0.25) is 0 Å². The predicted octanol–water partition coefficient (Wildman–Crippen LogP) is 10.7. The molecular weight excluding hydrogens is 840 g/mol. The maximum atomic E-state index is 12.9. The Kier molecular flexibility index (Phi) is 15.2. The van der Waals surface area contributed by atoms with Crippen molar-refractivity contribution < 1.29 is 83.3 Å². The van der Waals surface area contributed by atoms with Crippen LogP contribution >= 0.6 is 0 Å². The van der Waals surface area contributed by atoms with Crippen LogP contribution in [0.1, 0.15) is 156 Å². The quantitative estimate of drug-likeness (QED) is 0.154. The first-order chi connectivity index (χ1) is 27.5. The van der Waals surface area contributed by atoms with Crippen molar-refractivity contribution >= 4 is 0 Å². The Labute approximate surface area is 351 Å². The molecule has 0 aromatic carbocycles. The van der Waals surface area contributed by atoms with Crippen molar-refractivity contribution in [1.82, 2.24) is 0 Å². The second-order valence-electron chi connectivity index (χ2n) is 21.7. The summed E-state index contributed by atoms with van der Waals surface area (Å²) in [5.74, 6) is -4.29. The molecule has 18 heteroatoms. The average molecular weight is 909 g/mol. The van der Waals surface area contributed by atoms with Gasteiger partial charge < -0.3 is 30.6 Å². The fourth-order valence-corrected chi connectivity index (χ4v) is 14.3. The van der Waals surface area contributed by atoms with E-state index >= 15 is 0 Å². The van der Waals surface area contributed by atoms with Gasteiger partial charge in [-0.2, -0.15) is 52.7 Å².